The number of rotatable bonds is 6. The number of nitro groups is 2. The Kier molecular flexibility index (Phi) is 5.05. The summed E-state index contributed by atoms with van der Waals surface area (Å²) >= 11 is 0. The molecule has 1 N–H and O–H groups in total. The predicted octanol–water partition coefficient (Wildman–Crippen LogP) is 2.91. The highest BCUT2D eigenvalue weighted by Gasteiger charge is 2.20. The summed E-state index contributed by atoms with van der Waals surface area (Å²) in [5, 5.41) is 24.0. The van der Waals surface area contributed by atoms with Gasteiger partial charge in [0.1, 0.15) is 0 Å². The van der Waals surface area contributed by atoms with Gasteiger partial charge in [0.25, 0.3) is 11.6 Å². The molecule has 1 amide bonds. The summed E-state index contributed by atoms with van der Waals surface area (Å²) in [5.41, 5.74) is 0.00769. The van der Waals surface area contributed by atoms with Crippen molar-refractivity contribution in [2.24, 2.45) is 0 Å². The third-order valence-corrected chi connectivity index (χ3v) is 3.08. The average molecular weight is 331 g/mol. The van der Waals surface area contributed by atoms with Crippen LogP contribution in [0.15, 0.2) is 48.5 Å². The van der Waals surface area contributed by atoms with E-state index in [9.17, 15) is 25.0 Å². The molecule has 0 aliphatic carbocycles. The maximum absolute atomic E-state index is 12.1. The minimum Gasteiger partial charge on any atom is -0.474 e. The molecule has 0 fully saturated rings. The van der Waals surface area contributed by atoms with Crippen molar-refractivity contribution in [3.63, 3.8) is 0 Å². The number of carbonyl (C=O) groups is 1. The smallest absolute Gasteiger partial charge is 0.310 e. The molecular formula is C15H13N3O6. The Balaban J connectivity index is 2.05. The Morgan fingerprint density at radius 1 is 1.04 bits per heavy atom. The van der Waals surface area contributed by atoms with Crippen LogP contribution in [0.3, 0.4) is 0 Å². The van der Waals surface area contributed by atoms with Gasteiger partial charge in [-0.15, -0.1) is 0 Å². The van der Waals surface area contributed by atoms with E-state index in [1.165, 1.54) is 49.4 Å². The third kappa shape index (κ3) is 4.03. The van der Waals surface area contributed by atoms with E-state index in [2.05, 4.69) is 5.32 Å². The number of carbonyl (C=O) groups excluding carboxylic acids is 1. The lowest BCUT2D eigenvalue weighted by Gasteiger charge is -2.14. The van der Waals surface area contributed by atoms with Crippen molar-refractivity contribution < 1.29 is 19.4 Å². The summed E-state index contributed by atoms with van der Waals surface area (Å²) in [7, 11) is 0. The van der Waals surface area contributed by atoms with Gasteiger partial charge in [0.15, 0.2) is 11.9 Å². The molecule has 0 aromatic heterocycles. The lowest BCUT2D eigenvalue weighted by atomic mass is 10.2. The van der Waals surface area contributed by atoms with Gasteiger partial charge in [-0.1, -0.05) is 12.1 Å². The van der Waals surface area contributed by atoms with Gasteiger partial charge in [-0.05, 0) is 25.1 Å². The lowest BCUT2D eigenvalue weighted by molar-refractivity contribution is -0.386. The molecule has 2 rings (SSSR count). The van der Waals surface area contributed by atoms with Gasteiger partial charge in [0.05, 0.1) is 9.85 Å². The van der Waals surface area contributed by atoms with Crippen LogP contribution in [-0.2, 0) is 4.79 Å². The first kappa shape index (κ1) is 16.9. The number of ether oxygens (including phenoxy) is 1. The summed E-state index contributed by atoms with van der Waals surface area (Å²) < 4.78 is 5.34. The Labute approximate surface area is 136 Å². The normalized spacial score (nSPS) is 11.4. The zero-order valence-electron chi connectivity index (χ0n) is 12.5. The summed E-state index contributed by atoms with van der Waals surface area (Å²) in [5.74, 6) is -0.559. The second kappa shape index (κ2) is 7.18. The topological polar surface area (TPSA) is 125 Å². The minimum absolute atomic E-state index is 0.0196. The molecule has 2 aromatic rings. The van der Waals surface area contributed by atoms with E-state index in [4.69, 9.17) is 4.74 Å². The van der Waals surface area contributed by atoms with Crippen LogP contribution in [0.1, 0.15) is 6.92 Å². The number of amides is 1. The van der Waals surface area contributed by atoms with E-state index >= 15 is 0 Å². The minimum atomic E-state index is -0.999. The van der Waals surface area contributed by atoms with Gasteiger partial charge in [-0.3, -0.25) is 25.0 Å². The maximum Gasteiger partial charge on any atom is 0.310 e. The monoisotopic (exact) mass is 331 g/mol. The van der Waals surface area contributed by atoms with Crippen LogP contribution in [-0.4, -0.2) is 21.9 Å². The largest absolute Gasteiger partial charge is 0.474 e. The molecule has 24 heavy (non-hydrogen) atoms. The molecule has 2 aromatic carbocycles. The van der Waals surface area contributed by atoms with Crippen LogP contribution in [0.4, 0.5) is 17.1 Å². The third-order valence-electron chi connectivity index (χ3n) is 3.08. The maximum atomic E-state index is 12.1. The van der Waals surface area contributed by atoms with Crippen molar-refractivity contribution in [3.8, 4) is 5.75 Å². The van der Waals surface area contributed by atoms with E-state index in [-0.39, 0.29) is 17.1 Å². The van der Waals surface area contributed by atoms with E-state index < -0.39 is 21.9 Å². The molecule has 0 bridgehead atoms. The van der Waals surface area contributed by atoms with E-state index in [0.29, 0.717) is 5.69 Å². The first-order valence-corrected chi connectivity index (χ1v) is 6.84. The number of para-hydroxylation sites is 2. The predicted molar refractivity (Wildman–Crippen MR) is 84.9 cm³/mol. The van der Waals surface area contributed by atoms with Crippen molar-refractivity contribution >= 4 is 23.0 Å². The summed E-state index contributed by atoms with van der Waals surface area (Å²) in [4.78, 5) is 32.4. The van der Waals surface area contributed by atoms with Crippen LogP contribution < -0.4 is 10.1 Å². The summed E-state index contributed by atoms with van der Waals surface area (Å²) in [6.45, 7) is 1.44. The molecule has 0 saturated heterocycles. The van der Waals surface area contributed by atoms with Crippen molar-refractivity contribution in [2.75, 3.05) is 5.32 Å². The highest BCUT2D eigenvalue weighted by atomic mass is 16.6. The van der Waals surface area contributed by atoms with Gasteiger partial charge in [-0.2, -0.15) is 0 Å². The molecule has 0 aliphatic rings. The molecule has 1 unspecified atom stereocenters. The van der Waals surface area contributed by atoms with Crippen LogP contribution in [0, 0.1) is 20.2 Å². The molecule has 0 radical (unpaired) electrons. The summed E-state index contributed by atoms with van der Waals surface area (Å²) in [6.07, 6.45) is -0.999. The molecule has 9 heteroatoms. The molecule has 124 valence electrons. The fraction of sp³-hybridized carbons (Fsp3) is 0.133. The van der Waals surface area contributed by atoms with Crippen LogP contribution in [0.25, 0.3) is 0 Å². The van der Waals surface area contributed by atoms with E-state index in [1.54, 1.807) is 6.07 Å². The zero-order chi connectivity index (χ0) is 17.7. The second-order valence-electron chi connectivity index (χ2n) is 4.78. The average Bonchev–Trinajstić information content (AvgIpc) is 2.55. The fourth-order valence-corrected chi connectivity index (χ4v) is 1.86. The Morgan fingerprint density at radius 2 is 1.67 bits per heavy atom. The standard InChI is InChI=1S/C15H13N3O6/c1-10(24-14-5-3-2-4-13(14)18(22)23)15(19)16-11-6-8-12(9-7-11)17(20)21/h2-10H,1H3,(H,16,19). The van der Waals surface area contributed by atoms with E-state index in [1.807, 2.05) is 0 Å². The number of hydrogen-bond acceptors (Lipinski definition) is 6. The van der Waals surface area contributed by atoms with Crippen LogP contribution >= 0.6 is 0 Å². The van der Waals surface area contributed by atoms with Crippen molar-refractivity contribution in [3.05, 3.63) is 68.8 Å². The van der Waals surface area contributed by atoms with Gasteiger partial charge >= 0.3 is 5.69 Å². The van der Waals surface area contributed by atoms with Crippen molar-refractivity contribution in [1.82, 2.24) is 0 Å². The molecule has 1 atom stereocenters. The van der Waals surface area contributed by atoms with Gasteiger partial charge in [0.2, 0.25) is 0 Å². The SMILES string of the molecule is CC(Oc1ccccc1[N+](=O)[O-])C(=O)Nc1ccc([N+](=O)[O-])cc1. The number of hydrogen-bond donors (Lipinski definition) is 1. The fourth-order valence-electron chi connectivity index (χ4n) is 1.86. The second-order valence-corrected chi connectivity index (χ2v) is 4.78. The number of non-ortho nitro benzene ring substituents is 1. The van der Waals surface area contributed by atoms with Gasteiger partial charge < -0.3 is 10.1 Å². The zero-order valence-corrected chi connectivity index (χ0v) is 12.5. The molecule has 0 aliphatic heterocycles. The Morgan fingerprint density at radius 3 is 2.25 bits per heavy atom. The van der Waals surface area contributed by atoms with Crippen LogP contribution in [0.5, 0.6) is 5.75 Å². The first-order valence-electron chi connectivity index (χ1n) is 6.84. The van der Waals surface area contributed by atoms with E-state index in [0.717, 1.165) is 0 Å². The van der Waals surface area contributed by atoms with Crippen molar-refractivity contribution in [2.45, 2.75) is 13.0 Å². The number of benzene rings is 2. The Bertz CT molecular complexity index is 775. The first-order chi connectivity index (χ1) is 11.4. The highest BCUT2D eigenvalue weighted by molar-refractivity contribution is 5.94. The number of nitro benzene ring substituents is 2. The number of anilines is 1. The van der Waals surface area contributed by atoms with Crippen molar-refractivity contribution in [1.29, 1.82) is 0 Å². The molecule has 0 heterocycles. The summed E-state index contributed by atoms with van der Waals surface area (Å²) in [6, 6.07) is 11.0. The van der Waals surface area contributed by atoms with Crippen LogP contribution in [0.2, 0.25) is 0 Å². The lowest BCUT2D eigenvalue weighted by Crippen LogP contribution is -2.30. The highest BCUT2D eigenvalue weighted by Crippen LogP contribution is 2.27. The van der Waals surface area contributed by atoms with Gasteiger partial charge in [-0.25, -0.2) is 0 Å². The number of nitrogens with zero attached hydrogens (tertiary/aromatic N) is 2. The molecule has 0 saturated carbocycles. The van der Waals surface area contributed by atoms with Gasteiger partial charge in [0, 0.05) is 23.9 Å². The quantitative estimate of drug-likeness (QED) is 0.641. The number of nitrogens with one attached hydrogen (secondary N) is 1. The Hall–Kier alpha value is -3.49. The molecular weight excluding hydrogens is 318 g/mol. The molecule has 0 spiro atoms. The molecule has 9 nitrogen and oxygen atoms in total.